The van der Waals surface area contributed by atoms with Gasteiger partial charge in [0.1, 0.15) is 10.2 Å². The third-order valence-corrected chi connectivity index (χ3v) is 7.77. The van der Waals surface area contributed by atoms with E-state index >= 15 is 0 Å². The molecule has 0 bridgehead atoms. The molecule has 10 nitrogen and oxygen atoms in total. The second-order valence-electron chi connectivity index (χ2n) is 10.9. The highest BCUT2D eigenvalue weighted by molar-refractivity contribution is 9.10. The van der Waals surface area contributed by atoms with E-state index in [0.29, 0.717) is 41.1 Å². The summed E-state index contributed by atoms with van der Waals surface area (Å²) in [5, 5.41) is 4.92. The second-order valence-corrected chi connectivity index (χ2v) is 11.7. The molecule has 1 saturated heterocycles. The summed E-state index contributed by atoms with van der Waals surface area (Å²) in [6, 6.07) is 2.85. The van der Waals surface area contributed by atoms with Crippen molar-refractivity contribution in [1.82, 2.24) is 15.0 Å². The molecule has 2 aromatic heterocycles. The minimum atomic E-state index is -2.57. The molecule has 0 aromatic carbocycles. The first-order valence-electron chi connectivity index (χ1n) is 17.5. The monoisotopic (exact) mass is 649 g/mol. The van der Waals surface area contributed by atoms with Gasteiger partial charge in [0.15, 0.2) is 13.0 Å². The number of carbonyl (C=O) groups excluding carboxylic acids is 1. The van der Waals surface area contributed by atoms with Gasteiger partial charge in [0, 0.05) is 28.9 Å². The molecule has 2 N–H and O–H groups in total. The van der Waals surface area contributed by atoms with Gasteiger partial charge in [-0.2, -0.15) is 0 Å². The molecular weight excluding hydrogens is 600 g/mol. The van der Waals surface area contributed by atoms with E-state index in [2.05, 4.69) is 36.0 Å². The Kier molecular flexibility index (Phi) is 6.59. The minimum absolute atomic E-state index is 0. The Bertz CT molecular complexity index is 1500. The average molecular weight is 651 g/mol. The molecule has 1 saturated carbocycles. The van der Waals surface area contributed by atoms with Crippen molar-refractivity contribution in [3.8, 4) is 0 Å². The van der Waals surface area contributed by atoms with Crippen LogP contribution >= 0.6 is 28.3 Å². The van der Waals surface area contributed by atoms with Gasteiger partial charge in [-0.15, -0.1) is 12.4 Å². The van der Waals surface area contributed by atoms with Gasteiger partial charge in [0.25, 0.3) is 0 Å². The number of amides is 1. The smallest absolute Gasteiger partial charge is 0.399 e. The van der Waals surface area contributed by atoms with Crippen LogP contribution in [-0.2, 0) is 24.4 Å². The number of hydrogen-bond acceptors (Lipinski definition) is 9. The number of aliphatic hydroxyl groups is 1. The van der Waals surface area contributed by atoms with Crippen LogP contribution in [-0.4, -0.2) is 71.4 Å². The van der Waals surface area contributed by atoms with Crippen molar-refractivity contribution in [2.45, 2.75) is 96.1 Å². The highest BCUT2D eigenvalue weighted by Gasteiger charge is 2.51. The fraction of sp³-hybridized carbons (Fsp3) is 0.630. The van der Waals surface area contributed by atoms with Gasteiger partial charge >= 0.3 is 7.12 Å². The molecule has 3 aliphatic rings. The summed E-state index contributed by atoms with van der Waals surface area (Å²) in [7, 11) is -3.04. The maximum absolute atomic E-state index is 12.7. The summed E-state index contributed by atoms with van der Waals surface area (Å²) in [5.41, 5.74) is -1.87. The summed E-state index contributed by atoms with van der Waals surface area (Å²) in [4.78, 5) is 26.4. The second kappa shape index (κ2) is 12.6. The SMILES string of the molecule is Cl.[2H]N1c2ncc(Br)nc2N(C2CCC(OC([2H])([2H])[2H])CC2)C(=O)C1([2H])[2H].[2H]OC(C)(c1ccc(B2OC(C)(C)C(C)(C)O2)cn1)C([2H])([2H])[2H]. The normalized spacial score (nSPS) is 30.4. The van der Waals surface area contributed by atoms with E-state index in [1.807, 2.05) is 27.7 Å². The van der Waals surface area contributed by atoms with Crippen LogP contribution in [0, 0.1) is 0 Å². The summed E-state index contributed by atoms with van der Waals surface area (Å²) >= 11 is 3.19. The number of hydrogen-bond donors (Lipinski definition) is 2. The molecule has 2 aliphatic heterocycles. The van der Waals surface area contributed by atoms with Crippen molar-refractivity contribution in [3.63, 3.8) is 0 Å². The van der Waals surface area contributed by atoms with E-state index < -0.39 is 56.3 Å². The van der Waals surface area contributed by atoms with Crippen LogP contribution in [0.5, 0.6) is 0 Å². The Balaban J connectivity index is 0.000000267. The van der Waals surface area contributed by atoms with Crippen LogP contribution < -0.4 is 15.7 Å². The van der Waals surface area contributed by atoms with Gasteiger partial charge in [-0.3, -0.25) is 14.7 Å². The molecule has 40 heavy (non-hydrogen) atoms. The van der Waals surface area contributed by atoms with Crippen molar-refractivity contribution in [3.05, 3.63) is 34.8 Å². The van der Waals surface area contributed by atoms with E-state index in [0.717, 1.165) is 0 Å². The zero-order valence-electron chi connectivity index (χ0n) is 32.9. The standard InChI is InChI=1S/C14H22BNO3.C13H17BrN4O2.ClH/c1-12(2,17)11-8-7-10(9-16-11)15-18-13(3,4)14(5,6)19-15;1-20-9-4-2-8(3-5-9)18-11(19)7-16-12-13(18)17-10(14)6-15-12;/h7-9,17H,1-6H3;6,8-9H,2-5,7H2,1H3,(H,15,16);1H/i1D3,17D;1D3,7D2;/hD. The molecule has 220 valence electrons. The van der Waals surface area contributed by atoms with E-state index in [1.165, 1.54) is 30.3 Å². The lowest BCUT2D eigenvalue weighted by Gasteiger charge is -2.38. The van der Waals surface area contributed by atoms with Gasteiger partial charge in [0.05, 0.1) is 42.5 Å². The largest absolute Gasteiger partial charge is 0.496 e. The molecule has 1 atom stereocenters. The van der Waals surface area contributed by atoms with E-state index in [-0.39, 0.29) is 35.8 Å². The van der Waals surface area contributed by atoms with Crippen molar-refractivity contribution >= 4 is 58.5 Å². The molecular formula is C27H40BBrClN5O5. The van der Waals surface area contributed by atoms with Crippen LogP contribution in [0.15, 0.2) is 29.1 Å². The molecule has 0 radical (unpaired) electrons. The Hall–Kier alpha value is -1.83. The zero-order valence-corrected chi connectivity index (χ0v) is 25.3. The van der Waals surface area contributed by atoms with Gasteiger partial charge in [0.2, 0.25) is 7.34 Å². The van der Waals surface area contributed by atoms with E-state index in [9.17, 15) is 4.79 Å². The molecule has 5 rings (SSSR count). The number of ether oxygens (including phenoxy) is 1. The van der Waals surface area contributed by atoms with Crippen LogP contribution in [0.4, 0.5) is 11.6 Å². The number of pyridine rings is 1. The molecule has 1 amide bonds. The van der Waals surface area contributed by atoms with Crippen LogP contribution in [0.3, 0.4) is 0 Å². The predicted molar refractivity (Wildman–Crippen MR) is 161 cm³/mol. The highest BCUT2D eigenvalue weighted by Crippen LogP contribution is 2.36. The predicted octanol–water partition coefficient (Wildman–Crippen LogP) is 3.99. The number of nitrogens with zero attached hydrogens (tertiary/aromatic N) is 4. The van der Waals surface area contributed by atoms with E-state index in [1.54, 1.807) is 6.07 Å². The summed E-state index contributed by atoms with van der Waals surface area (Å²) in [5.74, 6) is -0.805. The maximum Gasteiger partial charge on any atom is 0.496 e. The number of carbonyl (C=O) groups is 1. The Labute approximate surface area is 265 Å². The third kappa shape index (κ3) is 7.14. The Morgan fingerprint density at radius 1 is 1.25 bits per heavy atom. The first-order chi connectivity index (χ1) is 22.3. The van der Waals surface area contributed by atoms with Crippen LogP contribution in [0.2, 0.25) is 1.41 Å². The molecule has 2 fully saturated rings. The fourth-order valence-electron chi connectivity index (χ4n) is 4.41. The van der Waals surface area contributed by atoms with Gasteiger partial charge in [-0.25, -0.2) is 9.97 Å². The molecule has 2 aromatic rings. The average Bonchev–Trinajstić information content (AvgIpc) is 3.22. The lowest BCUT2D eigenvalue weighted by molar-refractivity contribution is -0.118. The van der Waals surface area contributed by atoms with Gasteiger partial charge < -0.3 is 24.5 Å². The number of nitrogens with one attached hydrogen (secondary N) is 1. The zero-order chi connectivity index (χ0) is 37.0. The number of rotatable bonds is 5. The topological polar surface area (TPSA) is 119 Å². The lowest BCUT2D eigenvalue weighted by Crippen LogP contribution is -2.49. The van der Waals surface area contributed by atoms with Crippen molar-refractivity contribution in [2.75, 3.05) is 23.7 Å². The first-order valence-corrected chi connectivity index (χ1v) is 13.4. The number of aromatic nitrogens is 3. The molecule has 1 aliphatic carbocycles. The summed E-state index contributed by atoms with van der Waals surface area (Å²) in [6.45, 7) is 4.06. The number of anilines is 2. The van der Waals surface area contributed by atoms with Gasteiger partial charge in [-0.05, 0) is 89.2 Å². The van der Waals surface area contributed by atoms with Crippen molar-refractivity contribution < 1.29 is 36.3 Å². The number of fused-ring (bicyclic) bond motifs is 1. The number of halogens is 2. The van der Waals surface area contributed by atoms with Crippen LogP contribution in [0.25, 0.3) is 0 Å². The number of methoxy groups -OCH3 is 1. The molecule has 13 heteroatoms. The maximum atomic E-state index is 12.7. The lowest BCUT2D eigenvalue weighted by atomic mass is 9.80. The molecule has 0 spiro atoms. The van der Waals surface area contributed by atoms with Crippen molar-refractivity contribution in [1.29, 1.82) is 1.43 Å². The van der Waals surface area contributed by atoms with Crippen LogP contribution in [0.1, 0.15) is 83.8 Å². The fourth-order valence-corrected chi connectivity index (χ4v) is 4.68. The van der Waals surface area contributed by atoms with Crippen molar-refractivity contribution in [2.24, 2.45) is 0 Å². The van der Waals surface area contributed by atoms with Gasteiger partial charge in [-0.1, -0.05) is 6.07 Å². The summed E-state index contributed by atoms with van der Waals surface area (Å²) < 4.78 is 92.4. The quantitative estimate of drug-likeness (QED) is 0.463. The highest BCUT2D eigenvalue weighted by atomic mass is 79.9. The Morgan fingerprint density at radius 3 is 2.52 bits per heavy atom. The summed E-state index contributed by atoms with van der Waals surface area (Å²) in [6.07, 6.45) is 4.14. The Morgan fingerprint density at radius 2 is 1.95 bits per heavy atom. The van der Waals surface area contributed by atoms with E-state index in [4.69, 9.17) is 27.9 Å². The molecule has 4 heterocycles. The third-order valence-electron chi connectivity index (χ3n) is 7.39. The minimum Gasteiger partial charge on any atom is -0.399 e. The first kappa shape index (κ1) is 21.0. The molecule has 1 unspecified atom stereocenters.